The highest BCUT2D eigenvalue weighted by Gasteiger charge is 2.23. The number of rotatable bonds is 8. The molecule has 33 heavy (non-hydrogen) atoms. The van der Waals surface area contributed by atoms with Crippen molar-refractivity contribution in [3.8, 4) is 0 Å². The Morgan fingerprint density at radius 2 is 1.61 bits per heavy atom. The summed E-state index contributed by atoms with van der Waals surface area (Å²) in [7, 11) is 0. The van der Waals surface area contributed by atoms with Gasteiger partial charge in [-0.1, -0.05) is 18.2 Å². The molecule has 2 aliphatic heterocycles. The van der Waals surface area contributed by atoms with Crippen LogP contribution in [0.1, 0.15) is 26.7 Å². The molecule has 0 bridgehead atoms. The number of para-hydroxylation sites is 1. The average Bonchev–Trinajstić information content (AvgIpc) is 2.84. The van der Waals surface area contributed by atoms with Crippen molar-refractivity contribution in [2.24, 2.45) is 4.99 Å². The fourth-order valence-corrected chi connectivity index (χ4v) is 4.24. The van der Waals surface area contributed by atoms with Crippen LogP contribution in [0.4, 0.5) is 10.5 Å². The van der Waals surface area contributed by atoms with Gasteiger partial charge in [-0.3, -0.25) is 9.89 Å². The van der Waals surface area contributed by atoms with Gasteiger partial charge in [-0.15, -0.1) is 24.0 Å². The Balaban J connectivity index is 0.00000385. The maximum Gasteiger partial charge on any atom is 0.409 e. The van der Waals surface area contributed by atoms with Gasteiger partial charge in [0.1, 0.15) is 0 Å². The lowest BCUT2D eigenvalue weighted by molar-refractivity contribution is 0.0914. The second-order valence-electron chi connectivity index (χ2n) is 8.28. The zero-order chi connectivity index (χ0) is 22.6. The molecule has 0 atom stereocenters. The van der Waals surface area contributed by atoms with E-state index in [-0.39, 0.29) is 30.1 Å². The van der Waals surface area contributed by atoms with E-state index in [9.17, 15) is 4.79 Å². The third-order valence-corrected chi connectivity index (χ3v) is 6.08. The van der Waals surface area contributed by atoms with Gasteiger partial charge in [0.2, 0.25) is 0 Å². The van der Waals surface area contributed by atoms with Crippen molar-refractivity contribution in [1.82, 2.24) is 20.0 Å². The van der Waals surface area contributed by atoms with Crippen LogP contribution in [-0.4, -0.2) is 105 Å². The maximum absolute atomic E-state index is 11.9. The molecule has 0 spiro atoms. The molecule has 1 N–H and O–H groups in total. The zero-order valence-electron chi connectivity index (χ0n) is 20.2. The monoisotopic (exact) mass is 572 g/mol. The van der Waals surface area contributed by atoms with Gasteiger partial charge in [-0.25, -0.2) is 4.79 Å². The van der Waals surface area contributed by atoms with E-state index in [1.807, 2.05) is 6.92 Å². The third kappa shape index (κ3) is 8.84. The number of nitrogens with zero attached hydrogens (tertiary/aromatic N) is 5. The lowest BCUT2D eigenvalue weighted by Crippen LogP contribution is -2.53. The summed E-state index contributed by atoms with van der Waals surface area (Å²) in [6.45, 7) is 14.6. The Morgan fingerprint density at radius 3 is 2.24 bits per heavy atom. The lowest BCUT2D eigenvalue weighted by atomic mass is 10.2. The minimum Gasteiger partial charge on any atom is -0.450 e. The summed E-state index contributed by atoms with van der Waals surface area (Å²) < 4.78 is 5.11. The largest absolute Gasteiger partial charge is 0.450 e. The molecule has 2 fully saturated rings. The molecule has 8 nitrogen and oxygen atoms in total. The molecule has 0 unspecified atom stereocenters. The molecule has 0 aromatic heterocycles. The summed E-state index contributed by atoms with van der Waals surface area (Å²) in [5, 5.41) is 3.41. The van der Waals surface area contributed by atoms with Gasteiger partial charge < -0.3 is 24.8 Å². The van der Waals surface area contributed by atoms with Crippen LogP contribution in [0.5, 0.6) is 0 Å². The zero-order valence-corrected chi connectivity index (χ0v) is 22.6. The van der Waals surface area contributed by atoms with E-state index < -0.39 is 0 Å². The molecule has 9 heteroatoms. The van der Waals surface area contributed by atoms with Gasteiger partial charge in [0.05, 0.1) is 6.61 Å². The number of carbonyl (C=O) groups excluding carboxylic acids is 1. The fourth-order valence-electron chi connectivity index (χ4n) is 4.24. The topological polar surface area (TPSA) is 63.7 Å². The highest BCUT2D eigenvalue weighted by Crippen LogP contribution is 2.15. The molecule has 3 rings (SSSR count). The number of benzene rings is 1. The van der Waals surface area contributed by atoms with Gasteiger partial charge in [0.25, 0.3) is 0 Å². The first-order valence-corrected chi connectivity index (χ1v) is 12.2. The highest BCUT2D eigenvalue weighted by atomic mass is 127. The summed E-state index contributed by atoms with van der Waals surface area (Å²) in [5.41, 5.74) is 1.33. The number of halogens is 1. The van der Waals surface area contributed by atoms with E-state index in [1.54, 1.807) is 4.90 Å². The molecule has 186 valence electrons. The summed E-state index contributed by atoms with van der Waals surface area (Å²) in [5.74, 6) is 0.965. The van der Waals surface area contributed by atoms with Crippen molar-refractivity contribution in [3.63, 3.8) is 0 Å². The van der Waals surface area contributed by atoms with E-state index in [0.717, 1.165) is 71.3 Å². The van der Waals surface area contributed by atoms with Gasteiger partial charge in [0, 0.05) is 71.1 Å². The number of carbonyl (C=O) groups is 1. The number of aliphatic imine (C=N–C) groups is 1. The van der Waals surface area contributed by atoms with Crippen LogP contribution in [0.2, 0.25) is 0 Å². The number of nitrogens with one attached hydrogen (secondary N) is 1. The standard InChI is InChI=1S/C24H40N6O2.HI/c1-3-25-23(29-18-20-30(21-19-29)24(31)32-4-2)26-12-8-9-13-27-14-16-28(17-15-27)22-10-6-5-7-11-22;/h5-7,10-11H,3-4,8-9,12-21H2,1-2H3,(H,25,26);1H. The van der Waals surface area contributed by atoms with Gasteiger partial charge in [0.15, 0.2) is 5.96 Å². The molecule has 0 saturated carbocycles. The average molecular weight is 573 g/mol. The molecule has 2 heterocycles. The number of amides is 1. The van der Waals surface area contributed by atoms with Crippen molar-refractivity contribution in [1.29, 1.82) is 0 Å². The molecule has 2 saturated heterocycles. The molecular weight excluding hydrogens is 531 g/mol. The number of hydrogen-bond acceptors (Lipinski definition) is 5. The van der Waals surface area contributed by atoms with E-state index in [2.05, 4.69) is 57.3 Å². The quantitative estimate of drug-likeness (QED) is 0.224. The minimum absolute atomic E-state index is 0. The molecule has 2 aliphatic rings. The van der Waals surface area contributed by atoms with Crippen molar-refractivity contribution >= 4 is 41.7 Å². The summed E-state index contributed by atoms with van der Waals surface area (Å²) in [6.07, 6.45) is 2.06. The Morgan fingerprint density at radius 1 is 0.939 bits per heavy atom. The predicted molar refractivity (Wildman–Crippen MR) is 146 cm³/mol. The fraction of sp³-hybridized carbons (Fsp3) is 0.667. The molecule has 1 amide bonds. The SMILES string of the molecule is CCNC(=NCCCCN1CCN(c2ccccc2)CC1)N1CCN(C(=O)OCC)CC1.I. The number of ether oxygens (including phenoxy) is 1. The van der Waals surface area contributed by atoms with Crippen LogP contribution in [0.15, 0.2) is 35.3 Å². The Hall–Kier alpha value is -1.75. The lowest BCUT2D eigenvalue weighted by Gasteiger charge is -2.36. The van der Waals surface area contributed by atoms with Gasteiger partial charge in [-0.05, 0) is 45.4 Å². The second kappa shape index (κ2) is 15.2. The first-order chi connectivity index (χ1) is 15.7. The van der Waals surface area contributed by atoms with Gasteiger partial charge >= 0.3 is 6.09 Å². The minimum atomic E-state index is -0.210. The maximum atomic E-state index is 11.9. The Labute approximate surface area is 216 Å². The van der Waals surface area contributed by atoms with Crippen molar-refractivity contribution in [2.75, 3.05) is 83.5 Å². The summed E-state index contributed by atoms with van der Waals surface area (Å²) in [4.78, 5) is 25.8. The predicted octanol–water partition coefficient (Wildman–Crippen LogP) is 2.95. The molecule has 1 aromatic carbocycles. The Bertz CT molecular complexity index is 704. The van der Waals surface area contributed by atoms with Crippen LogP contribution in [0.3, 0.4) is 0 Å². The second-order valence-corrected chi connectivity index (χ2v) is 8.28. The van der Waals surface area contributed by atoms with Crippen LogP contribution < -0.4 is 10.2 Å². The number of anilines is 1. The van der Waals surface area contributed by atoms with Crippen LogP contribution in [0, 0.1) is 0 Å². The van der Waals surface area contributed by atoms with Crippen molar-refractivity contribution < 1.29 is 9.53 Å². The first-order valence-electron chi connectivity index (χ1n) is 12.2. The van der Waals surface area contributed by atoms with E-state index >= 15 is 0 Å². The number of unbranched alkanes of at least 4 members (excludes halogenated alkanes) is 1. The van der Waals surface area contributed by atoms with Gasteiger partial charge in [-0.2, -0.15) is 0 Å². The summed E-state index contributed by atoms with van der Waals surface area (Å²) >= 11 is 0. The number of guanidine groups is 1. The van der Waals surface area contributed by atoms with Crippen LogP contribution in [-0.2, 0) is 4.74 Å². The summed E-state index contributed by atoms with van der Waals surface area (Å²) in [6, 6.07) is 10.7. The van der Waals surface area contributed by atoms with E-state index in [4.69, 9.17) is 9.73 Å². The van der Waals surface area contributed by atoms with Crippen molar-refractivity contribution in [3.05, 3.63) is 30.3 Å². The van der Waals surface area contributed by atoms with Crippen molar-refractivity contribution in [2.45, 2.75) is 26.7 Å². The van der Waals surface area contributed by atoms with E-state index in [1.165, 1.54) is 12.1 Å². The molecule has 0 aliphatic carbocycles. The molecule has 0 radical (unpaired) electrons. The normalized spacial score (nSPS) is 17.5. The molecular formula is C24H41IN6O2. The highest BCUT2D eigenvalue weighted by molar-refractivity contribution is 14.0. The first kappa shape index (κ1) is 27.5. The number of hydrogen-bond donors (Lipinski definition) is 1. The smallest absolute Gasteiger partial charge is 0.409 e. The molecule has 1 aromatic rings. The number of piperazine rings is 2. The Kier molecular flexibility index (Phi) is 12.7. The van der Waals surface area contributed by atoms with Crippen LogP contribution in [0.25, 0.3) is 0 Å². The third-order valence-electron chi connectivity index (χ3n) is 6.08. The van der Waals surface area contributed by atoms with E-state index in [0.29, 0.717) is 19.7 Å². The van der Waals surface area contributed by atoms with Crippen LogP contribution >= 0.6 is 24.0 Å².